The van der Waals surface area contributed by atoms with Gasteiger partial charge in [0.05, 0.1) is 49.5 Å². The molecule has 1 atom stereocenters. The smallest absolute Gasteiger partial charge is 0.290 e. The number of rotatable bonds is 5. The number of pyridine rings is 1. The first-order valence-electron chi connectivity index (χ1n) is 9.35. The lowest BCUT2D eigenvalue weighted by Crippen LogP contribution is -2.31. The first-order valence-corrected chi connectivity index (χ1v) is 10.9. The second-order valence-corrected chi connectivity index (χ2v) is 9.09. The third-order valence-corrected chi connectivity index (χ3v) is 6.79. The molecule has 0 radical (unpaired) electrons. The van der Waals surface area contributed by atoms with Gasteiger partial charge in [-0.05, 0) is 43.7 Å². The van der Waals surface area contributed by atoms with Gasteiger partial charge in [-0.15, -0.1) is 11.3 Å². The fourth-order valence-corrected chi connectivity index (χ4v) is 4.79. The summed E-state index contributed by atoms with van der Waals surface area (Å²) in [4.78, 5) is 36.9. The summed E-state index contributed by atoms with van der Waals surface area (Å²) in [6.07, 6.45) is 1.62. The lowest BCUT2D eigenvalue weighted by Gasteiger charge is -2.26. The molecule has 0 saturated carbocycles. The van der Waals surface area contributed by atoms with Crippen LogP contribution in [-0.2, 0) is 11.3 Å². The Hall–Kier alpha value is -2.74. The van der Waals surface area contributed by atoms with E-state index in [1.807, 2.05) is 0 Å². The number of benzene rings is 1. The van der Waals surface area contributed by atoms with Crippen LogP contribution >= 0.6 is 34.5 Å². The molecule has 3 aromatic rings. The zero-order valence-electron chi connectivity index (χ0n) is 16.6. The van der Waals surface area contributed by atoms with Gasteiger partial charge < -0.3 is 10.0 Å². The molecule has 1 unspecified atom stereocenters. The number of carbonyl (C=O) groups is 2. The topological polar surface area (TPSA) is 83.4 Å². The molecule has 0 bridgehead atoms. The Morgan fingerprint density at radius 1 is 1.19 bits per heavy atom. The number of amides is 1. The first kappa shape index (κ1) is 21.5. The summed E-state index contributed by atoms with van der Waals surface area (Å²) in [5.41, 5.74) is 1.72. The molecule has 1 aliphatic rings. The highest BCUT2D eigenvalue weighted by atomic mass is 35.5. The predicted octanol–water partition coefficient (Wildman–Crippen LogP) is 5.24. The minimum atomic E-state index is -0.849. The number of halogens is 2. The Kier molecular flexibility index (Phi) is 5.83. The minimum Gasteiger partial charge on any atom is -0.503 e. The summed E-state index contributed by atoms with van der Waals surface area (Å²) < 4.78 is 0. The Morgan fingerprint density at radius 2 is 1.97 bits per heavy atom. The molecular formula is C22H17Cl2N3O3S. The van der Waals surface area contributed by atoms with E-state index in [-0.39, 0.29) is 17.1 Å². The number of nitrogens with zero attached hydrogens (tertiary/aromatic N) is 3. The molecule has 6 nitrogen and oxygen atoms in total. The zero-order chi connectivity index (χ0) is 22.3. The van der Waals surface area contributed by atoms with Crippen molar-refractivity contribution in [2.75, 3.05) is 0 Å². The number of hydrogen-bond donors (Lipinski definition) is 1. The number of Topliss-reactive ketones (excluding diaryl/α,β-unsaturated/α-hetero) is 1. The Bertz CT molecular complexity index is 1220. The summed E-state index contributed by atoms with van der Waals surface area (Å²) in [5, 5.41) is 12.1. The third-order valence-electron chi connectivity index (χ3n) is 4.98. The van der Waals surface area contributed by atoms with Crippen LogP contribution in [0.1, 0.15) is 37.7 Å². The zero-order valence-corrected chi connectivity index (χ0v) is 18.9. The fourth-order valence-electron chi connectivity index (χ4n) is 3.61. The molecule has 158 valence electrons. The highest BCUT2D eigenvalue weighted by Gasteiger charge is 2.44. The summed E-state index contributed by atoms with van der Waals surface area (Å²) in [7, 11) is 0. The van der Waals surface area contributed by atoms with E-state index in [9.17, 15) is 14.7 Å². The van der Waals surface area contributed by atoms with E-state index in [2.05, 4.69) is 9.97 Å². The molecule has 0 fully saturated rings. The van der Waals surface area contributed by atoms with Crippen LogP contribution in [0.3, 0.4) is 0 Å². The van der Waals surface area contributed by atoms with E-state index >= 15 is 0 Å². The number of thiazole rings is 1. The van der Waals surface area contributed by atoms with Gasteiger partial charge in [0.2, 0.25) is 5.78 Å². The van der Waals surface area contributed by atoms with E-state index in [4.69, 9.17) is 23.2 Å². The van der Waals surface area contributed by atoms with Gasteiger partial charge in [-0.3, -0.25) is 14.6 Å². The van der Waals surface area contributed by atoms with Gasteiger partial charge in [-0.1, -0.05) is 35.3 Å². The van der Waals surface area contributed by atoms with E-state index in [1.54, 1.807) is 56.4 Å². The predicted molar refractivity (Wildman–Crippen MR) is 120 cm³/mol. The van der Waals surface area contributed by atoms with Crippen LogP contribution in [0.2, 0.25) is 10.0 Å². The van der Waals surface area contributed by atoms with Crippen LogP contribution in [0.5, 0.6) is 0 Å². The molecule has 0 aliphatic carbocycles. The quantitative estimate of drug-likeness (QED) is 0.512. The van der Waals surface area contributed by atoms with E-state index in [0.29, 0.717) is 26.9 Å². The number of aliphatic hydroxyl groups excluding tert-OH is 1. The second kappa shape index (κ2) is 8.42. The Labute approximate surface area is 192 Å². The molecule has 3 heterocycles. The third kappa shape index (κ3) is 3.96. The number of aryl methyl sites for hydroxylation is 2. The highest BCUT2D eigenvalue weighted by molar-refractivity contribution is 7.14. The van der Waals surface area contributed by atoms with Crippen LogP contribution in [0, 0.1) is 13.8 Å². The monoisotopic (exact) mass is 473 g/mol. The van der Waals surface area contributed by atoms with Gasteiger partial charge in [-0.2, -0.15) is 0 Å². The van der Waals surface area contributed by atoms with Gasteiger partial charge >= 0.3 is 0 Å². The number of aromatic nitrogens is 2. The Morgan fingerprint density at radius 3 is 2.58 bits per heavy atom. The van der Waals surface area contributed by atoms with Crippen molar-refractivity contribution in [2.45, 2.75) is 26.4 Å². The number of ketones is 1. The average Bonchev–Trinajstić information content (AvgIpc) is 3.21. The van der Waals surface area contributed by atoms with Crippen molar-refractivity contribution in [3.63, 3.8) is 0 Å². The van der Waals surface area contributed by atoms with Crippen molar-refractivity contribution in [3.05, 3.63) is 90.8 Å². The van der Waals surface area contributed by atoms with Gasteiger partial charge in [0.25, 0.3) is 5.91 Å². The number of aliphatic hydroxyl groups is 1. The van der Waals surface area contributed by atoms with Crippen LogP contribution in [-0.4, -0.2) is 31.7 Å². The molecule has 0 saturated heterocycles. The normalized spacial score (nSPS) is 16.3. The van der Waals surface area contributed by atoms with Crippen LogP contribution < -0.4 is 0 Å². The molecule has 31 heavy (non-hydrogen) atoms. The molecule has 1 amide bonds. The molecule has 1 aliphatic heterocycles. The largest absolute Gasteiger partial charge is 0.503 e. The average molecular weight is 474 g/mol. The summed E-state index contributed by atoms with van der Waals surface area (Å²) >= 11 is 13.5. The van der Waals surface area contributed by atoms with E-state index in [1.165, 1.54) is 16.2 Å². The van der Waals surface area contributed by atoms with Gasteiger partial charge in [0, 0.05) is 6.20 Å². The summed E-state index contributed by atoms with van der Waals surface area (Å²) in [6, 6.07) is 9.39. The maximum Gasteiger partial charge on any atom is 0.290 e. The van der Waals surface area contributed by atoms with Crippen molar-refractivity contribution in [3.8, 4) is 0 Å². The van der Waals surface area contributed by atoms with Crippen LogP contribution in [0.25, 0.3) is 0 Å². The first-order chi connectivity index (χ1) is 14.8. The molecule has 1 N–H and O–H groups in total. The van der Waals surface area contributed by atoms with Gasteiger partial charge in [0.15, 0.2) is 5.76 Å². The van der Waals surface area contributed by atoms with Crippen molar-refractivity contribution in [1.82, 2.24) is 14.9 Å². The maximum atomic E-state index is 13.5. The summed E-state index contributed by atoms with van der Waals surface area (Å²) in [5.74, 6) is -1.67. The minimum absolute atomic E-state index is 0.00827. The molecule has 4 rings (SSSR count). The summed E-state index contributed by atoms with van der Waals surface area (Å²) in [6.45, 7) is 3.63. The van der Waals surface area contributed by atoms with Crippen LogP contribution in [0.4, 0.5) is 0 Å². The van der Waals surface area contributed by atoms with Gasteiger partial charge in [0.1, 0.15) is 0 Å². The van der Waals surface area contributed by atoms with Crippen molar-refractivity contribution in [2.24, 2.45) is 0 Å². The fraction of sp³-hybridized carbons (Fsp3) is 0.182. The lowest BCUT2D eigenvalue weighted by atomic mass is 9.95. The Balaban J connectivity index is 1.84. The van der Waals surface area contributed by atoms with Crippen molar-refractivity contribution in [1.29, 1.82) is 0 Å². The lowest BCUT2D eigenvalue weighted by molar-refractivity contribution is -0.130. The number of carbonyl (C=O) groups excluding carboxylic acids is 2. The molecule has 9 heteroatoms. The van der Waals surface area contributed by atoms with Crippen molar-refractivity contribution >= 4 is 46.2 Å². The molecular weight excluding hydrogens is 457 g/mol. The molecule has 1 aromatic carbocycles. The standard InChI is InChI=1S/C22H17Cl2N3O3S/c1-11-21(31-12(2)26-11)19(28)17-18(13-6-7-15(23)16(24)9-13)27(22(30)20(17)29)10-14-5-3-4-8-25-14/h3-9,18,29H,10H2,1-2H3. The molecule has 2 aromatic heterocycles. The second-order valence-electron chi connectivity index (χ2n) is 7.07. The van der Waals surface area contributed by atoms with Gasteiger partial charge in [-0.25, -0.2) is 4.98 Å². The molecule has 0 spiro atoms. The van der Waals surface area contributed by atoms with Crippen LogP contribution in [0.15, 0.2) is 53.9 Å². The van der Waals surface area contributed by atoms with Crippen molar-refractivity contribution < 1.29 is 14.7 Å². The number of hydrogen-bond acceptors (Lipinski definition) is 6. The SMILES string of the molecule is Cc1nc(C)c(C(=O)C2=C(O)C(=O)N(Cc3ccccn3)C2c2ccc(Cl)c(Cl)c2)s1. The van der Waals surface area contributed by atoms with E-state index in [0.717, 1.165) is 5.01 Å². The van der Waals surface area contributed by atoms with E-state index < -0.39 is 23.5 Å². The maximum absolute atomic E-state index is 13.5. The highest BCUT2D eigenvalue weighted by Crippen LogP contribution is 2.42.